The molecule has 1 aliphatic heterocycles. The van der Waals surface area contributed by atoms with E-state index < -0.39 is 0 Å². The summed E-state index contributed by atoms with van der Waals surface area (Å²) in [7, 11) is 3.29. The number of hydrogen-bond acceptors (Lipinski definition) is 8. The van der Waals surface area contributed by atoms with E-state index in [1.54, 1.807) is 39.6 Å². The summed E-state index contributed by atoms with van der Waals surface area (Å²) in [5.74, 6) is 1.87. The Hall–Kier alpha value is -1.29. The number of aliphatic hydroxyl groups excluding tert-OH is 1. The lowest BCUT2D eigenvalue weighted by Gasteiger charge is -2.22. The summed E-state index contributed by atoms with van der Waals surface area (Å²) in [6.45, 7) is 4.82. The molecule has 0 radical (unpaired) electrons. The van der Waals surface area contributed by atoms with Crippen LogP contribution in [-0.2, 0) is 16.1 Å². The van der Waals surface area contributed by atoms with Crippen LogP contribution in [0.25, 0.3) is 0 Å². The van der Waals surface area contributed by atoms with Gasteiger partial charge in [0.2, 0.25) is 6.41 Å². The van der Waals surface area contributed by atoms with Crippen molar-refractivity contribution >= 4 is 33.8 Å². The second-order valence-electron chi connectivity index (χ2n) is 6.05. The van der Waals surface area contributed by atoms with Crippen LogP contribution in [0, 0.1) is 6.92 Å². The average Bonchev–Trinajstić information content (AvgIpc) is 3.13. The van der Waals surface area contributed by atoms with E-state index in [2.05, 4.69) is 9.97 Å². The number of carbonyl (C=O) groups is 1. The van der Waals surface area contributed by atoms with Crippen LogP contribution in [0.1, 0.15) is 37.6 Å². The van der Waals surface area contributed by atoms with Crippen LogP contribution >= 0.6 is 21.6 Å². The number of aryl methyl sites for hydroxylation is 1. The van der Waals surface area contributed by atoms with E-state index in [0.717, 1.165) is 42.2 Å². The fourth-order valence-electron chi connectivity index (χ4n) is 2.55. The van der Waals surface area contributed by atoms with Gasteiger partial charge >= 0.3 is 0 Å². The Morgan fingerprint density at radius 3 is 3.00 bits per heavy atom. The Balaban J connectivity index is 2.05. The maximum absolute atomic E-state index is 11.6. The molecule has 1 saturated heterocycles. The van der Waals surface area contributed by atoms with E-state index in [1.807, 2.05) is 6.92 Å². The second kappa shape index (κ2) is 10.8. The number of nitrogen functional groups attached to an aromatic ring is 1. The van der Waals surface area contributed by atoms with Crippen molar-refractivity contribution in [2.75, 3.05) is 24.7 Å². The molecule has 0 spiro atoms. The van der Waals surface area contributed by atoms with Gasteiger partial charge in [-0.25, -0.2) is 9.97 Å². The van der Waals surface area contributed by atoms with Crippen LogP contribution in [0.15, 0.2) is 16.8 Å². The highest BCUT2D eigenvalue weighted by molar-refractivity contribution is 8.78. The van der Waals surface area contributed by atoms with Gasteiger partial charge in [-0.1, -0.05) is 21.6 Å². The van der Waals surface area contributed by atoms with Crippen molar-refractivity contribution in [1.29, 1.82) is 0 Å². The van der Waals surface area contributed by atoms with Crippen LogP contribution in [-0.4, -0.2) is 51.5 Å². The molecule has 0 aromatic carbocycles. The zero-order chi connectivity index (χ0) is 18.9. The van der Waals surface area contributed by atoms with E-state index >= 15 is 0 Å². The highest BCUT2D eigenvalue weighted by Gasteiger charge is 2.18. The molecule has 1 unspecified atom stereocenters. The van der Waals surface area contributed by atoms with Crippen molar-refractivity contribution in [2.45, 2.75) is 45.8 Å². The van der Waals surface area contributed by atoms with Gasteiger partial charge in [-0.05, 0) is 26.7 Å². The Bertz CT molecular complexity index is 636. The van der Waals surface area contributed by atoms with Gasteiger partial charge in [-0.15, -0.1) is 0 Å². The van der Waals surface area contributed by atoms with Gasteiger partial charge in [0, 0.05) is 47.7 Å². The lowest BCUT2D eigenvalue weighted by atomic mass is 10.1. The average molecular weight is 398 g/mol. The molecule has 2 rings (SSSR count). The molecule has 0 saturated carbocycles. The molecule has 26 heavy (non-hydrogen) atoms. The molecular formula is C17H26N4O3S2. The fraction of sp³-hybridized carbons (Fsp3) is 0.588. The standard InChI is InChI=1S/C17H26N4O3S2/c1-12(16(5-6-22)26-25-10-15-4-3-7-24-15)21(11-23)9-14-8-19-13(2)20-17(14)18/h8,11,15,22H,3-7,9-10H2,1-2H3,(H2,18,19,20)/b16-12-/i1-1. The summed E-state index contributed by atoms with van der Waals surface area (Å²) >= 11 is 0. The molecule has 9 heteroatoms. The third kappa shape index (κ3) is 6.15. The van der Waals surface area contributed by atoms with E-state index in [9.17, 15) is 9.90 Å². The number of rotatable bonds is 10. The third-order valence-corrected chi connectivity index (χ3v) is 6.79. The number of amides is 1. The minimum atomic E-state index is 0.0304. The minimum absolute atomic E-state index is 0.0304. The summed E-state index contributed by atoms with van der Waals surface area (Å²) in [5.41, 5.74) is 7.44. The van der Waals surface area contributed by atoms with Crippen molar-refractivity contribution in [3.05, 3.63) is 28.2 Å². The maximum Gasteiger partial charge on any atom is 0.214 e. The van der Waals surface area contributed by atoms with Gasteiger partial charge in [0.15, 0.2) is 0 Å². The van der Waals surface area contributed by atoms with Gasteiger partial charge in [0.05, 0.1) is 12.6 Å². The molecule has 0 bridgehead atoms. The first-order valence-electron chi connectivity index (χ1n) is 8.56. The van der Waals surface area contributed by atoms with Gasteiger partial charge in [-0.2, -0.15) is 0 Å². The first-order chi connectivity index (χ1) is 12.5. The zero-order valence-electron chi connectivity index (χ0n) is 15.2. The quantitative estimate of drug-likeness (QED) is 0.459. The van der Waals surface area contributed by atoms with Crippen molar-refractivity contribution in [2.24, 2.45) is 0 Å². The molecule has 1 aromatic heterocycles. The molecule has 7 nitrogen and oxygen atoms in total. The largest absolute Gasteiger partial charge is 0.396 e. The molecule has 144 valence electrons. The SMILES string of the molecule is Cc1ncc(CN(C=O)/C([11CH3])=C(/CCO)SSCC2CCCO2)c(N)n1. The van der Waals surface area contributed by atoms with Crippen LogP contribution in [0.2, 0.25) is 0 Å². The molecule has 2 heterocycles. The molecule has 1 aliphatic rings. The summed E-state index contributed by atoms with van der Waals surface area (Å²) < 4.78 is 5.63. The van der Waals surface area contributed by atoms with Crippen LogP contribution in [0.5, 0.6) is 0 Å². The van der Waals surface area contributed by atoms with E-state index in [1.165, 1.54) is 0 Å². The van der Waals surface area contributed by atoms with Crippen LogP contribution < -0.4 is 5.73 Å². The first-order valence-corrected chi connectivity index (χ1v) is 10.9. The molecular weight excluding hydrogens is 371 g/mol. The molecule has 1 amide bonds. The zero-order valence-corrected chi connectivity index (χ0v) is 16.8. The van der Waals surface area contributed by atoms with E-state index in [-0.39, 0.29) is 6.61 Å². The third-order valence-electron chi connectivity index (χ3n) is 4.10. The Morgan fingerprint density at radius 1 is 1.58 bits per heavy atom. The smallest absolute Gasteiger partial charge is 0.214 e. The predicted molar refractivity (Wildman–Crippen MR) is 106 cm³/mol. The number of nitrogens with two attached hydrogens (primary N) is 1. The van der Waals surface area contributed by atoms with Crippen LogP contribution in [0.3, 0.4) is 0 Å². The topological polar surface area (TPSA) is 102 Å². The number of hydrogen-bond donors (Lipinski definition) is 2. The number of aromatic nitrogens is 2. The molecule has 1 aromatic rings. The maximum atomic E-state index is 11.6. The van der Waals surface area contributed by atoms with Gasteiger partial charge < -0.3 is 20.5 Å². The lowest BCUT2D eigenvalue weighted by Crippen LogP contribution is -2.22. The molecule has 0 aliphatic carbocycles. The number of nitrogens with zero attached hydrogens (tertiary/aromatic N) is 3. The number of carbonyl (C=O) groups excluding carboxylic acids is 1. The first kappa shape index (κ1) is 21.0. The number of ether oxygens (including phenoxy) is 1. The molecule has 1 atom stereocenters. The highest BCUT2D eigenvalue weighted by Crippen LogP contribution is 2.37. The van der Waals surface area contributed by atoms with Crippen molar-refractivity contribution in [1.82, 2.24) is 14.9 Å². The monoisotopic (exact) mass is 397 g/mol. The fourth-order valence-corrected chi connectivity index (χ4v) is 5.29. The second-order valence-corrected chi connectivity index (χ2v) is 8.48. The summed E-state index contributed by atoms with van der Waals surface area (Å²) in [4.78, 5) is 22.5. The van der Waals surface area contributed by atoms with Crippen molar-refractivity contribution in [3.8, 4) is 0 Å². The number of allylic oxidation sites excluding steroid dienone is 1. The lowest BCUT2D eigenvalue weighted by molar-refractivity contribution is -0.116. The normalized spacial score (nSPS) is 17.9. The van der Waals surface area contributed by atoms with Gasteiger partial charge in [0.1, 0.15) is 11.6 Å². The summed E-state index contributed by atoms with van der Waals surface area (Å²) in [5, 5.41) is 9.39. The summed E-state index contributed by atoms with van der Waals surface area (Å²) in [6.07, 6.45) is 5.43. The minimum Gasteiger partial charge on any atom is -0.396 e. The molecule has 1 fully saturated rings. The van der Waals surface area contributed by atoms with E-state index in [4.69, 9.17) is 10.5 Å². The summed E-state index contributed by atoms with van der Waals surface area (Å²) in [6, 6.07) is 0. The Labute approximate surface area is 162 Å². The van der Waals surface area contributed by atoms with Gasteiger partial charge in [0.25, 0.3) is 0 Å². The predicted octanol–water partition coefficient (Wildman–Crippen LogP) is 2.50. The Kier molecular flexibility index (Phi) is 8.70. The van der Waals surface area contributed by atoms with Crippen LogP contribution in [0.4, 0.5) is 5.82 Å². The van der Waals surface area contributed by atoms with Crippen molar-refractivity contribution in [3.63, 3.8) is 0 Å². The van der Waals surface area contributed by atoms with E-state index in [0.29, 0.717) is 36.3 Å². The number of anilines is 1. The highest BCUT2D eigenvalue weighted by atomic mass is 33.1. The van der Waals surface area contributed by atoms with Crippen molar-refractivity contribution < 1.29 is 14.6 Å². The van der Waals surface area contributed by atoms with Gasteiger partial charge in [-0.3, -0.25) is 4.79 Å². The number of aliphatic hydroxyl groups is 1. The Morgan fingerprint density at radius 2 is 2.38 bits per heavy atom. The molecule has 3 N–H and O–H groups in total.